The van der Waals surface area contributed by atoms with Crippen molar-refractivity contribution in [2.24, 2.45) is 5.92 Å². The molecule has 1 aromatic heterocycles. The smallest absolute Gasteiger partial charge is 0.150 e. The van der Waals surface area contributed by atoms with Gasteiger partial charge in [-0.25, -0.2) is 4.68 Å². The van der Waals surface area contributed by atoms with Crippen molar-refractivity contribution in [3.8, 4) is 22.9 Å². The molecule has 1 N–H and O–H groups in total. The molecule has 3 heterocycles. The number of rotatable bonds is 7. The predicted molar refractivity (Wildman–Crippen MR) is 159 cm³/mol. The summed E-state index contributed by atoms with van der Waals surface area (Å²) < 4.78 is 14.7. The largest absolute Gasteiger partial charge is 0.508 e. The molecule has 0 radical (unpaired) electrons. The molecule has 206 valence electrons. The summed E-state index contributed by atoms with van der Waals surface area (Å²) in [6, 6.07) is 24.3. The van der Waals surface area contributed by atoms with Gasteiger partial charge in [0, 0.05) is 29.9 Å². The number of hydrogen-bond acceptors (Lipinski definition) is 5. The zero-order chi connectivity index (χ0) is 27.8. The first-order valence-corrected chi connectivity index (χ1v) is 14.2. The van der Waals surface area contributed by atoms with Gasteiger partial charge in [0.2, 0.25) is 0 Å². The van der Waals surface area contributed by atoms with E-state index in [1.165, 1.54) is 6.42 Å². The van der Waals surface area contributed by atoms with Crippen molar-refractivity contribution >= 4 is 11.1 Å². The highest BCUT2D eigenvalue weighted by molar-refractivity contribution is 5.96. The number of hydrogen-bond donors (Lipinski definition) is 1. The van der Waals surface area contributed by atoms with Crippen LogP contribution in [0.3, 0.4) is 0 Å². The Labute approximate surface area is 236 Å². The normalized spacial score (nSPS) is 19.8. The quantitative estimate of drug-likeness (QED) is 0.275. The average molecular weight is 536 g/mol. The lowest BCUT2D eigenvalue weighted by molar-refractivity contribution is 0.169. The number of phenolic OH excluding ortho intramolecular Hbond substituents is 1. The minimum absolute atomic E-state index is 0.222. The molecule has 6 rings (SSSR count). The van der Waals surface area contributed by atoms with Crippen molar-refractivity contribution in [2.75, 3.05) is 19.7 Å². The van der Waals surface area contributed by atoms with Crippen LogP contribution in [0.5, 0.6) is 17.2 Å². The topological polar surface area (TPSA) is 59.8 Å². The van der Waals surface area contributed by atoms with Gasteiger partial charge < -0.3 is 14.6 Å². The zero-order valence-electron chi connectivity index (χ0n) is 23.7. The summed E-state index contributed by atoms with van der Waals surface area (Å²) in [5.41, 5.74) is 7.08. The Balaban J connectivity index is 1.31. The summed E-state index contributed by atoms with van der Waals surface area (Å²) in [6.07, 6.45) is 2.93. The van der Waals surface area contributed by atoms with Crippen LogP contribution in [0, 0.1) is 12.8 Å². The molecule has 6 heteroatoms. The number of allylic oxidation sites excluding steroid dienone is 1. The van der Waals surface area contributed by atoms with Gasteiger partial charge in [0.15, 0.2) is 0 Å². The van der Waals surface area contributed by atoms with Crippen LogP contribution in [0.1, 0.15) is 55.7 Å². The average Bonchev–Trinajstić information content (AvgIpc) is 3.60. The van der Waals surface area contributed by atoms with Crippen molar-refractivity contribution in [2.45, 2.75) is 46.3 Å². The van der Waals surface area contributed by atoms with Gasteiger partial charge in [0.25, 0.3) is 0 Å². The highest BCUT2D eigenvalue weighted by Gasteiger charge is 2.30. The second-order valence-corrected chi connectivity index (χ2v) is 11.3. The van der Waals surface area contributed by atoms with Crippen molar-refractivity contribution in [1.82, 2.24) is 14.7 Å². The minimum atomic E-state index is -0.314. The molecule has 0 spiro atoms. The summed E-state index contributed by atoms with van der Waals surface area (Å²) >= 11 is 0. The predicted octanol–water partition coefficient (Wildman–Crippen LogP) is 7.06. The first-order valence-electron chi connectivity index (χ1n) is 14.2. The van der Waals surface area contributed by atoms with Crippen molar-refractivity contribution < 1.29 is 14.6 Å². The molecule has 3 atom stereocenters. The summed E-state index contributed by atoms with van der Waals surface area (Å²) in [7, 11) is 0. The molecule has 1 fully saturated rings. The van der Waals surface area contributed by atoms with Crippen LogP contribution < -0.4 is 9.47 Å². The van der Waals surface area contributed by atoms with Gasteiger partial charge in [-0.2, -0.15) is 5.10 Å². The van der Waals surface area contributed by atoms with Gasteiger partial charge in [-0.3, -0.25) is 4.90 Å². The highest BCUT2D eigenvalue weighted by atomic mass is 16.5. The first-order chi connectivity index (χ1) is 19.4. The lowest BCUT2D eigenvalue weighted by Gasteiger charge is -2.31. The molecule has 40 heavy (non-hydrogen) atoms. The van der Waals surface area contributed by atoms with Crippen LogP contribution in [0.25, 0.3) is 16.8 Å². The molecule has 3 aromatic carbocycles. The fourth-order valence-corrected chi connectivity index (χ4v) is 5.85. The third kappa shape index (κ3) is 5.24. The van der Waals surface area contributed by atoms with E-state index in [1.807, 2.05) is 42.1 Å². The van der Waals surface area contributed by atoms with Gasteiger partial charge in [0.1, 0.15) is 30.0 Å². The third-order valence-electron chi connectivity index (χ3n) is 8.17. The van der Waals surface area contributed by atoms with Gasteiger partial charge in [0.05, 0.1) is 11.4 Å². The Morgan fingerprint density at radius 1 is 1.05 bits per heavy atom. The molecule has 1 saturated heterocycles. The Morgan fingerprint density at radius 2 is 1.88 bits per heavy atom. The van der Waals surface area contributed by atoms with Crippen LogP contribution in [0.2, 0.25) is 0 Å². The van der Waals surface area contributed by atoms with E-state index in [1.54, 1.807) is 12.1 Å². The number of aryl methyl sites for hydroxylation is 1. The van der Waals surface area contributed by atoms with E-state index < -0.39 is 0 Å². The summed E-state index contributed by atoms with van der Waals surface area (Å²) in [5, 5.41) is 14.8. The maximum atomic E-state index is 10.2. The molecule has 0 saturated carbocycles. The molecule has 6 nitrogen and oxygen atoms in total. The standard InChI is InChI=1S/C34H37N3O3/c1-22-14-16-36(20-22)24(3)21-39-30-11-8-26(9-12-30)34-33(25(4)31-19-29(38)10-13-32(31)40-34)27-6-5-7-28(18-27)37-17-15-23(2)35-37/h5-13,15,17-19,22,24,34,38H,14,16,20-21H2,1-4H3. The zero-order valence-corrected chi connectivity index (χ0v) is 23.7. The maximum absolute atomic E-state index is 10.2. The van der Waals surface area contributed by atoms with Crippen LogP contribution >= 0.6 is 0 Å². The molecular weight excluding hydrogens is 498 g/mol. The van der Waals surface area contributed by atoms with Crippen LogP contribution in [0.4, 0.5) is 0 Å². The van der Waals surface area contributed by atoms with Crippen LogP contribution in [-0.4, -0.2) is 45.5 Å². The molecule has 2 aliphatic heterocycles. The maximum Gasteiger partial charge on any atom is 0.150 e. The van der Waals surface area contributed by atoms with Crippen molar-refractivity contribution in [1.29, 1.82) is 0 Å². The van der Waals surface area contributed by atoms with Crippen molar-refractivity contribution in [3.63, 3.8) is 0 Å². The number of aromatic hydroxyl groups is 1. The summed E-state index contributed by atoms with van der Waals surface area (Å²) in [5.74, 6) is 2.61. The Bertz CT molecular complexity index is 1540. The number of aromatic nitrogens is 2. The number of nitrogens with zero attached hydrogens (tertiary/aromatic N) is 3. The van der Waals surface area contributed by atoms with E-state index in [-0.39, 0.29) is 11.9 Å². The number of phenols is 1. The lowest BCUT2D eigenvalue weighted by atomic mass is 9.86. The van der Waals surface area contributed by atoms with E-state index in [9.17, 15) is 5.11 Å². The second-order valence-electron chi connectivity index (χ2n) is 11.3. The SMILES string of the molecule is CC1=C(c2cccc(-n3ccc(C)n3)c2)C(c2ccc(OCC(C)N3CCC(C)C3)cc2)Oc2ccc(O)cc21. The number of ether oxygens (including phenoxy) is 2. The second kappa shape index (κ2) is 10.9. The lowest BCUT2D eigenvalue weighted by Crippen LogP contribution is -2.35. The van der Waals surface area contributed by atoms with E-state index in [4.69, 9.17) is 9.47 Å². The number of likely N-dealkylation sites (tertiary alicyclic amines) is 1. The minimum Gasteiger partial charge on any atom is -0.508 e. The Hall–Kier alpha value is -4.03. The van der Waals surface area contributed by atoms with E-state index in [0.717, 1.165) is 69.7 Å². The van der Waals surface area contributed by atoms with Gasteiger partial charge in [-0.1, -0.05) is 31.2 Å². The van der Waals surface area contributed by atoms with Crippen LogP contribution in [0.15, 0.2) is 79.0 Å². The number of benzene rings is 3. The Kier molecular flexibility index (Phi) is 7.11. The molecular formula is C34H37N3O3. The first kappa shape index (κ1) is 26.2. The molecule has 0 aliphatic carbocycles. The molecule has 3 unspecified atom stereocenters. The van der Waals surface area contributed by atoms with Gasteiger partial charge in [-0.05, 0) is 105 Å². The monoisotopic (exact) mass is 535 g/mol. The fourth-order valence-electron chi connectivity index (χ4n) is 5.85. The van der Waals surface area contributed by atoms with Crippen LogP contribution in [-0.2, 0) is 0 Å². The summed E-state index contributed by atoms with van der Waals surface area (Å²) in [4.78, 5) is 2.52. The highest BCUT2D eigenvalue weighted by Crippen LogP contribution is 2.47. The molecule has 0 amide bonds. The number of fused-ring (bicyclic) bond motifs is 1. The molecule has 0 bridgehead atoms. The molecule has 2 aliphatic rings. The third-order valence-corrected chi connectivity index (χ3v) is 8.17. The van der Waals surface area contributed by atoms with E-state index in [0.29, 0.717) is 12.6 Å². The van der Waals surface area contributed by atoms with Gasteiger partial charge >= 0.3 is 0 Å². The van der Waals surface area contributed by atoms with E-state index >= 15 is 0 Å². The molecule has 4 aromatic rings. The van der Waals surface area contributed by atoms with Crippen molar-refractivity contribution in [3.05, 3.63) is 101 Å². The fraction of sp³-hybridized carbons (Fsp3) is 0.324. The summed E-state index contributed by atoms with van der Waals surface area (Å²) in [6.45, 7) is 11.6. The van der Waals surface area contributed by atoms with Gasteiger partial charge in [-0.15, -0.1) is 0 Å². The van der Waals surface area contributed by atoms with E-state index in [2.05, 4.69) is 67.2 Å². The Morgan fingerprint density at radius 3 is 2.60 bits per heavy atom.